The normalized spacial score (nSPS) is 11.9. The molecule has 0 aliphatic rings. The van der Waals surface area contributed by atoms with Gasteiger partial charge in [0.1, 0.15) is 0 Å². The third-order valence-electron chi connectivity index (χ3n) is 2.26. The molecule has 0 amide bonds. The first-order valence-electron chi connectivity index (χ1n) is 5.34. The van der Waals surface area contributed by atoms with E-state index in [0.29, 0.717) is 10.5 Å². The summed E-state index contributed by atoms with van der Waals surface area (Å²) in [5.41, 5.74) is 0.927. The fraction of sp³-hybridized carbons (Fsp3) is 0.417. The summed E-state index contributed by atoms with van der Waals surface area (Å²) in [7, 11) is -3.38. The lowest BCUT2D eigenvalue weighted by Gasteiger charge is -2.13. The van der Waals surface area contributed by atoms with Crippen molar-refractivity contribution in [3.8, 4) is 0 Å². The zero-order valence-electron chi connectivity index (χ0n) is 10.7. The molecule has 1 rings (SSSR count). The minimum absolute atomic E-state index is 0.163. The molecule has 0 saturated heterocycles. The number of thioether (sulfide) groups is 1. The largest absolute Gasteiger partial charge is 0.276 e. The Morgan fingerprint density at radius 2 is 1.89 bits per heavy atom. The topological polar surface area (TPSA) is 51.2 Å². The third kappa shape index (κ3) is 3.73. The highest BCUT2D eigenvalue weighted by molar-refractivity contribution is 8.00. The van der Waals surface area contributed by atoms with E-state index in [1.807, 2.05) is 13.8 Å². The molecule has 3 nitrogen and oxygen atoms in total. The summed E-state index contributed by atoms with van der Waals surface area (Å²) in [6.07, 6.45) is 1.13. The molecule has 0 aliphatic carbocycles. The van der Waals surface area contributed by atoms with Crippen molar-refractivity contribution in [2.75, 3.05) is 6.26 Å². The van der Waals surface area contributed by atoms with Crippen LogP contribution in [0.5, 0.6) is 0 Å². The monoisotopic (exact) mass is 306 g/mol. The van der Waals surface area contributed by atoms with E-state index in [-0.39, 0.29) is 15.7 Å². The number of hydrogen-bond acceptors (Lipinski definition) is 4. The zero-order chi connectivity index (χ0) is 14.1. The number of sulfone groups is 1. The predicted octanol–water partition coefficient (Wildman–Crippen LogP) is 3.28. The molecule has 0 fully saturated rings. The van der Waals surface area contributed by atoms with Gasteiger partial charge in [0.2, 0.25) is 0 Å². The summed E-state index contributed by atoms with van der Waals surface area (Å²) >= 11 is 6.90. The average molecular weight is 307 g/mol. The second-order valence-electron chi connectivity index (χ2n) is 4.33. The lowest BCUT2D eigenvalue weighted by molar-refractivity contribution is 0.108. The highest BCUT2D eigenvalue weighted by Gasteiger charge is 2.19. The molecule has 0 atom stereocenters. The third-order valence-corrected chi connectivity index (χ3v) is 4.80. The number of carbonyl (C=O) groups excluding carboxylic acids is 1. The van der Waals surface area contributed by atoms with Gasteiger partial charge in [0.05, 0.1) is 4.90 Å². The van der Waals surface area contributed by atoms with E-state index in [1.54, 1.807) is 13.0 Å². The van der Waals surface area contributed by atoms with Gasteiger partial charge in [0, 0.05) is 22.0 Å². The Balaban J connectivity index is 3.52. The van der Waals surface area contributed by atoms with Crippen LogP contribution < -0.4 is 0 Å². The van der Waals surface area contributed by atoms with Crippen molar-refractivity contribution >= 4 is 38.4 Å². The molecule has 100 valence electrons. The summed E-state index contributed by atoms with van der Waals surface area (Å²) in [5.74, 6) is 0. The van der Waals surface area contributed by atoms with Crippen LogP contribution in [0.3, 0.4) is 0 Å². The van der Waals surface area contributed by atoms with Crippen LogP contribution in [-0.2, 0) is 9.84 Å². The first kappa shape index (κ1) is 15.5. The second-order valence-corrected chi connectivity index (χ2v) is 8.27. The fourth-order valence-electron chi connectivity index (χ4n) is 1.51. The van der Waals surface area contributed by atoms with Crippen molar-refractivity contribution in [2.24, 2.45) is 0 Å². The Morgan fingerprint density at radius 1 is 1.33 bits per heavy atom. The van der Waals surface area contributed by atoms with Gasteiger partial charge in [-0.25, -0.2) is 8.42 Å². The lowest BCUT2D eigenvalue weighted by Crippen LogP contribution is -2.05. The van der Waals surface area contributed by atoms with Gasteiger partial charge in [-0.05, 0) is 36.2 Å². The van der Waals surface area contributed by atoms with Gasteiger partial charge in [-0.2, -0.15) is 0 Å². The first-order chi connectivity index (χ1) is 8.12. The number of benzene rings is 1. The van der Waals surface area contributed by atoms with Gasteiger partial charge in [-0.15, -0.1) is 11.8 Å². The van der Waals surface area contributed by atoms with E-state index in [2.05, 4.69) is 0 Å². The van der Waals surface area contributed by atoms with Gasteiger partial charge in [0.25, 0.3) is 5.24 Å². The van der Waals surface area contributed by atoms with Crippen molar-refractivity contribution in [2.45, 2.75) is 35.8 Å². The van der Waals surface area contributed by atoms with E-state index in [1.165, 1.54) is 17.8 Å². The Labute approximate surface area is 117 Å². The maximum Gasteiger partial charge on any atom is 0.252 e. The molecule has 0 heterocycles. The van der Waals surface area contributed by atoms with E-state index < -0.39 is 15.1 Å². The van der Waals surface area contributed by atoms with Crippen LogP contribution in [0.2, 0.25) is 0 Å². The number of aryl methyl sites for hydroxylation is 1. The van der Waals surface area contributed by atoms with Crippen LogP contribution in [0.15, 0.2) is 21.9 Å². The Kier molecular flexibility index (Phi) is 4.86. The number of halogens is 1. The molecular weight excluding hydrogens is 292 g/mol. The average Bonchev–Trinajstić information content (AvgIpc) is 2.13. The molecule has 0 aliphatic heterocycles. The molecule has 0 unspecified atom stereocenters. The molecule has 0 bridgehead atoms. The van der Waals surface area contributed by atoms with Gasteiger partial charge in [-0.3, -0.25) is 4.79 Å². The first-order valence-corrected chi connectivity index (χ1v) is 8.49. The lowest BCUT2D eigenvalue weighted by atomic mass is 10.1. The van der Waals surface area contributed by atoms with E-state index in [9.17, 15) is 13.2 Å². The van der Waals surface area contributed by atoms with Crippen LogP contribution in [0.1, 0.15) is 29.8 Å². The predicted molar refractivity (Wildman–Crippen MR) is 75.5 cm³/mol. The van der Waals surface area contributed by atoms with Crippen LogP contribution in [0, 0.1) is 6.92 Å². The van der Waals surface area contributed by atoms with Crippen molar-refractivity contribution in [1.29, 1.82) is 0 Å². The van der Waals surface area contributed by atoms with Gasteiger partial charge in [-0.1, -0.05) is 13.8 Å². The maximum absolute atomic E-state index is 11.8. The minimum Gasteiger partial charge on any atom is -0.276 e. The van der Waals surface area contributed by atoms with E-state index >= 15 is 0 Å². The molecule has 18 heavy (non-hydrogen) atoms. The van der Waals surface area contributed by atoms with E-state index in [0.717, 1.165) is 6.26 Å². The Hall–Kier alpha value is -0.520. The highest BCUT2D eigenvalue weighted by Crippen LogP contribution is 2.32. The van der Waals surface area contributed by atoms with Crippen LogP contribution in [0.4, 0.5) is 0 Å². The van der Waals surface area contributed by atoms with Gasteiger partial charge in [0.15, 0.2) is 9.84 Å². The van der Waals surface area contributed by atoms with Crippen molar-refractivity contribution < 1.29 is 13.2 Å². The molecule has 0 aromatic heterocycles. The standard InChI is InChI=1S/C12H15ClO3S2/c1-7(2)17-10-5-8(3)9(12(13)14)6-11(10)18(4,15)16/h5-7H,1-4H3. The van der Waals surface area contributed by atoms with Crippen LogP contribution in [0.25, 0.3) is 0 Å². The SMILES string of the molecule is Cc1cc(SC(C)C)c(S(C)(=O)=O)cc1C(=O)Cl. The Bertz CT molecular complexity index is 577. The maximum atomic E-state index is 11.8. The van der Waals surface area contributed by atoms with Gasteiger partial charge < -0.3 is 0 Å². The number of rotatable bonds is 4. The molecule has 0 saturated carbocycles. The smallest absolute Gasteiger partial charge is 0.252 e. The summed E-state index contributed by atoms with van der Waals surface area (Å²) < 4.78 is 23.5. The fourth-order valence-corrected chi connectivity index (χ4v) is 4.00. The molecule has 0 radical (unpaired) electrons. The number of carbonyl (C=O) groups is 1. The minimum atomic E-state index is -3.38. The molecule has 0 spiro atoms. The van der Waals surface area contributed by atoms with Crippen molar-refractivity contribution in [3.63, 3.8) is 0 Å². The summed E-state index contributed by atoms with van der Waals surface area (Å²) in [5, 5.41) is -0.388. The number of hydrogen-bond donors (Lipinski definition) is 0. The molecule has 1 aromatic carbocycles. The molecule has 6 heteroatoms. The highest BCUT2D eigenvalue weighted by atomic mass is 35.5. The molecule has 1 aromatic rings. The quantitative estimate of drug-likeness (QED) is 0.633. The van der Waals surface area contributed by atoms with Crippen molar-refractivity contribution in [1.82, 2.24) is 0 Å². The van der Waals surface area contributed by atoms with Crippen LogP contribution >= 0.6 is 23.4 Å². The van der Waals surface area contributed by atoms with Crippen molar-refractivity contribution in [3.05, 3.63) is 23.3 Å². The molecular formula is C12H15ClO3S2. The second kappa shape index (κ2) is 5.63. The Morgan fingerprint density at radius 3 is 2.28 bits per heavy atom. The summed E-state index contributed by atoms with van der Waals surface area (Å²) in [6.45, 7) is 5.70. The summed E-state index contributed by atoms with van der Waals surface area (Å²) in [4.78, 5) is 12.1. The molecule has 0 N–H and O–H groups in total. The van der Waals surface area contributed by atoms with Crippen LogP contribution in [-0.4, -0.2) is 25.2 Å². The zero-order valence-corrected chi connectivity index (χ0v) is 13.0. The van der Waals surface area contributed by atoms with E-state index in [4.69, 9.17) is 11.6 Å². The summed E-state index contributed by atoms with van der Waals surface area (Å²) in [6, 6.07) is 3.07. The van der Waals surface area contributed by atoms with Gasteiger partial charge >= 0.3 is 0 Å².